The molecule has 23 heavy (non-hydrogen) atoms. The van der Waals surface area contributed by atoms with Crippen LogP contribution < -0.4 is 0 Å². The summed E-state index contributed by atoms with van der Waals surface area (Å²) in [6, 6.07) is 0. The highest BCUT2D eigenvalue weighted by Crippen LogP contribution is 2.05. The van der Waals surface area contributed by atoms with Crippen molar-refractivity contribution in [2.24, 2.45) is 0 Å². The quantitative estimate of drug-likeness (QED) is 0.329. The molecule has 0 bridgehead atoms. The number of aliphatic hydroxyl groups is 2. The Morgan fingerprint density at radius 3 is 2.09 bits per heavy atom. The van der Waals surface area contributed by atoms with Crippen LogP contribution in [0.2, 0.25) is 0 Å². The zero-order valence-electron chi connectivity index (χ0n) is 14.7. The third-order valence-electron chi connectivity index (χ3n) is 2.70. The van der Waals surface area contributed by atoms with Crippen molar-refractivity contribution in [3.8, 4) is 0 Å². The molecule has 7 nitrogen and oxygen atoms in total. The fraction of sp³-hybridized carbons (Fsp3) is 0.933. The second-order valence-electron chi connectivity index (χ2n) is 5.51. The number of hydrogen-bond acceptors (Lipinski definition) is 7. The summed E-state index contributed by atoms with van der Waals surface area (Å²) in [6.07, 6.45) is 5.35. The first kappa shape index (κ1) is 24.6. The van der Waals surface area contributed by atoms with Gasteiger partial charge in [-0.3, -0.25) is 8.98 Å². The van der Waals surface area contributed by atoms with E-state index in [9.17, 15) is 13.2 Å². The van der Waals surface area contributed by atoms with Gasteiger partial charge in [0, 0.05) is 13.5 Å². The van der Waals surface area contributed by atoms with Crippen LogP contribution in [-0.4, -0.2) is 56.3 Å². The third-order valence-corrected chi connectivity index (χ3v) is 3.29. The van der Waals surface area contributed by atoms with Crippen LogP contribution in [0.4, 0.5) is 0 Å². The molecule has 0 unspecified atom stereocenters. The Morgan fingerprint density at radius 2 is 1.65 bits per heavy atom. The van der Waals surface area contributed by atoms with Crippen LogP contribution in [-0.2, 0) is 23.8 Å². The molecule has 0 spiro atoms. The molecule has 0 rings (SSSR count). The predicted molar refractivity (Wildman–Crippen MR) is 88.5 cm³/mol. The predicted octanol–water partition coefficient (Wildman–Crippen LogP) is 1.61. The first-order valence-corrected chi connectivity index (χ1v) is 9.70. The molecule has 0 aromatic heterocycles. The monoisotopic (exact) mass is 356 g/mol. The number of ether oxygens (including phenoxy) is 1. The lowest BCUT2D eigenvalue weighted by Gasteiger charge is -2.10. The van der Waals surface area contributed by atoms with E-state index in [2.05, 4.69) is 4.18 Å². The minimum absolute atomic E-state index is 0.124. The summed E-state index contributed by atoms with van der Waals surface area (Å²) in [4.78, 5) is 10.5. The molecule has 2 N–H and O–H groups in total. The minimum Gasteiger partial charge on any atom is -0.463 e. The van der Waals surface area contributed by atoms with E-state index in [4.69, 9.17) is 14.9 Å². The number of carbonyl (C=O) groups is 1. The van der Waals surface area contributed by atoms with E-state index in [-0.39, 0.29) is 31.4 Å². The Balaban J connectivity index is 0. The van der Waals surface area contributed by atoms with E-state index in [0.717, 1.165) is 31.9 Å². The van der Waals surface area contributed by atoms with E-state index in [0.29, 0.717) is 12.8 Å². The average molecular weight is 356 g/mol. The van der Waals surface area contributed by atoms with E-state index in [1.807, 2.05) is 0 Å². The van der Waals surface area contributed by atoms with Crippen molar-refractivity contribution in [2.45, 2.75) is 71.5 Å². The molecule has 0 radical (unpaired) electrons. The highest BCUT2D eigenvalue weighted by atomic mass is 32.2. The Hall–Kier alpha value is -0.700. The molecule has 0 aliphatic rings. The van der Waals surface area contributed by atoms with E-state index in [1.54, 1.807) is 13.8 Å². The number of hydrogen-bond donors (Lipinski definition) is 2. The normalized spacial score (nSPS) is 13.7. The molecule has 0 saturated heterocycles. The van der Waals surface area contributed by atoms with Crippen LogP contribution in [0.25, 0.3) is 0 Å². The van der Waals surface area contributed by atoms with Crippen molar-refractivity contribution in [3.05, 3.63) is 0 Å². The fourth-order valence-electron chi connectivity index (χ4n) is 1.64. The summed E-state index contributed by atoms with van der Waals surface area (Å²) in [6.45, 7) is 5.36. The van der Waals surface area contributed by atoms with Gasteiger partial charge in [-0.1, -0.05) is 0 Å². The number of unbranched alkanes of at least 4 members (excludes halogenated alkanes) is 2. The maximum absolute atomic E-state index is 10.6. The Bertz CT molecular complexity index is 379. The van der Waals surface area contributed by atoms with Gasteiger partial charge in [-0.15, -0.1) is 0 Å². The second kappa shape index (κ2) is 14.9. The minimum atomic E-state index is -3.33. The van der Waals surface area contributed by atoms with Crippen molar-refractivity contribution in [1.29, 1.82) is 0 Å². The van der Waals surface area contributed by atoms with Crippen molar-refractivity contribution in [2.75, 3.05) is 19.5 Å². The van der Waals surface area contributed by atoms with Gasteiger partial charge in [0.15, 0.2) is 0 Å². The Morgan fingerprint density at radius 1 is 1.09 bits per heavy atom. The highest BCUT2D eigenvalue weighted by Gasteiger charge is 2.05. The summed E-state index contributed by atoms with van der Waals surface area (Å²) >= 11 is 0. The van der Waals surface area contributed by atoms with Crippen LogP contribution in [0.1, 0.15) is 59.3 Å². The van der Waals surface area contributed by atoms with Gasteiger partial charge in [0.05, 0.1) is 25.1 Å². The van der Waals surface area contributed by atoms with Crippen molar-refractivity contribution in [1.82, 2.24) is 0 Å². The van der Waals surface area contributed by atoms with Crippen LogP contribution in [0, 0.1) is 0 Å². The van der Waals surface area contributed by atoms with E-state index >= 15 is 0 Å². The molecule has 0 aliphatic heterocycles. The molecular weight excluding hydrogens is 324 g/mol. The maximum Gasteiger partial charge on any atom is 0.302 e. The first-order chi connectivity index (χ1) is 10.6. The maximum atomic E-state index is 10.6. The lowest BCUT2D eigenvalue weighted by molar-refractivity contribution is -0.145. The zero-order valence-corrected chi connectivity index (χ0v) is 15.5. The van der Waals surface area contributed by atoms with Gasteiger partial charge in [0.1, 0.15) is 0 Å². The van der Waals surface area contributed by atoms with Gasteiger partial charge in [-0.05, 0) is 52.4 Å². The molecule has 0 aromatic rings. The summed E-state index contributed by atoms with van der Waals surface area (Å²) in [5.74, 6) is -0.296. The highest BCUT2D eigenvalue weighted by molar-refractivity contribution is 7.85. The lowest BCUT2D eigenvalue weighted by atomic mass is 10.2. The molecule has 0 fully saturated rings. The summed E-state index contributed by atoms with van der Waals surface area (Å²) in [5.41, 5.74) is 0. The molecule has 0 aromatic carbocycles. The van der Waals surface area contributed by atoms with Crippen LogP contribution in [0.5, 0.6) is 0 Å². The third kappa shape index (κ3) is 26.5. The van der Waals surface area contributed by atoms with Crippen molar-refractivity contribution >= 4 is 16.1 Å². The largest absolute Gasteiger partial charge is 0.463 e. The van der Waals surface area contributed by atoms with Gasteiger partial charge in [-0.2, -0.15) is 8.42 Å². The molecule has 0 amide bonds. The SMILES string of the molecule is CC(=O)O[C@H](C)CCCCOS(C)(=O)=O.C[C@@H](O)CCCCO. The Kier molecular flexibility index (Phi) is 15.9. The van der Waals surface area contributed by atoms with Crippen molar-refractivity contribution < 1.29 is 32.3 Å². The standard InChI is InChI=1S/C9H18O5S.C6H14O2/c1-8(14-9(2)10)6-4-5-7-13-15(3,11)12;1-6(8)4-2-3-5-7/h8H,4-7H2,1-3H3;6-8H,2-5H2,1H3/t8-;6-/m11/s1. The first-order valence-electron chi connectivity index (χ1n) is 7.89. The smallest absolute Gasteiger partial charge is 0.302 e. The van der Waals surface area contributed by atoms with E-state index < -0.39 is 10.1 Å². The second-order valence-corrected chi connectivity index (χ2v) is 7.15. The fourth-order valence-corrected chi connectivity index (χ4v) is 2.06. The van der Waals surface area contributed by atoms with Gasteiger partial charge in [0.25, 0.3) is 10.1 Å². The number of esters is 1. The summed E-state index contributed by atoms with van der Waals surface area (Å²) in [5, 5.41) is 17.0. The number of carbonyl (C=O) groups excluding carboxylic acids is 1. The van der Waals surface area contributed by atoms with Crippen LogP contribution >= 0.6 is 0 Å². The molecule has 8 heteroatoms. The summed E-state index contributed by atoms with van der Waals surface area (Å²) < 4.78 is 30.6. The molecule has 0 saturated carbocycles. The zero-order chi connectivity index (χ0) is 18.3. The van der Waals surface area contributed by atoms with Crippen LogP contribution in [0.3, 0.4) is 0 Å². The van der Waals surface area contributed by atoms with E-state index in [1.165, 1.54) is 6.92 Å². The average Bonchev–Trinajstić information content (AvgIpc) is 2.36. The summed E-state index contributed by atoms with van der Waals surface area (Å²) in [7, 11) is -3.33. The molecule has 0 aliphatic carbocycles. The Labute approximate surface area is 140 Å². The number of rotatable bonds is 11. The number of aliphatic hydroxyl groups excluding tert-OH is 2. The van der Waals surface area contributed by atoms with Crippen LogP contribution in [0.15, 0.2) is 0 Å². The molecule has 2 atom stereocenters. The van der Waals surface area contributed by atoms with Gasteiger partial charge >= 0.3 is 5.97 Å². The van der Waals surface area contributed by atoms with Gasteiger partial charge in [-0.25, -0.2) is 0 Å². The van der Waals surface area contributed by atoms with Gasteiger partial charge < -0.3 is 14.9 Å². The van der Waals surface area contributed by atoms with Gasteiger partial charge in [0.2, 0.25) is 0 Å². The molecule has 0 heterocycles. The lowest BCUT2D eigenvalue weighted by Crippen LogP contribution is -2.12. The molecule has 140 valence electrons. The van der Waals surface area contributed by atoms with Crippen molar-refractivity contribution in [3.63, 3.8) is 0 Å². The topological polar surface area (TPSA) is 110 Å². The molecular formula is C15H32O7S.